The minimum Gasteiger partial charge on any atom is -0.408 e. The summed E-state index contributed by atoms with van der Waals surface area (Å²) in [5, 5.41) is 0. The average molecular weight is 374 g/mol. The van der Waals surface area contributed by atoms with E-state index >= 15 is 0 Å². The SMILES string of the molecule is CCN(CC)C(=O)[C@@H]1C[C@H](N)CN1C(=O)Cn1c(=O)oc2ccc(C)cc21. The number of carbonyl (C=O) groups is 2. The Hall–Kier alpha value is -2.61. The van der Waals surface area contributed by atoms with Gasteiger partial charge in [-0.2, -0.15) is 0 Å². The van der Waals surface area contributed by atoms with Crippen LogP contribution in [0.25, 0.3) is 11.1 Å². The zero-order chi connectivity index (χ0) is 19.7. The second kappa shape index (κ2) is 7.56. The number of likely N-dealkylation sites (N-methyl/N-ethyl adjacent to an activating group) is 1. The molecule has 2 amide bonds. The molecule has 0 unspecified atom stereocenters. The first kappa shape index (κ1) is 19.2. The minimum absolute atomic E-state index is 0.0958. The second-order valence-electron chi connectivity index (χ2n) is 6.99. The Morgan fingerprint density at radius 1 is 1.30 bits per heavy atom. The van der Waals surface area contributed by atoms with Crippen molar-refractivity contribution in [2.24, 2.45) is 5.73 Å². The molecule has 0 aliphatic carbocycles. The standard InChI is InChI=1S/C19H26N4O4/c1-4-21(5-2)18(25)15-9-13(20)10-22(15)17(24)11-23-14-8-12(3)6-7-16(14)27-19(23)26/h6-8,13,15H,4-5,9-11,20H2,1-3H3/t13-,15-/m0/s1. The largest absolute Gasteiger partial charge is 0.420 e. The molecule has 2 atom stereocenters. The van der Waals surface area contributed by atoms with Crippen molar-refractivity contribution in [1.29, 1.82) is 0 Å². The number of nitrogens with two attached hydrogens (primary N) is 1. The smallest absolute Gasteiger partial charge is 0.408 e. The number of aromatic nitrogens is 1. The first-order valence-electron chi connectivity index (χ1n) is 9.29. The molecule has 146 valence electrons. The molecule has 3 rings (SSSR count). The molecule has 0 saturated carbocycles. The highest BCUT2D eigenvalue weighted by molar-refractivity contribution is 5.89. The maximum Gasteiger partial charge on any atom is 0.420 e. The minimum atomic E-state index is -0.584. The summed E-state index contributed by atoms with van der Waals surface area (Å²) in [6.07, 6.45) is 0.432. The molecule has 2 heterocycles. The van der Waals surface area contributed by atoms with E-state index in [-0.39, 0.29) is 24.4 Å². The van der Waals surface area contributed by atoms with Gasteiger partial charge in [-0.15, -0.1) is 0 Å². The van der Waals surface area contributed by atoms with E-state index in [1.54, 1.807) is 11.0 Å². The number of oxazole rings is 1. The number of carbonyl (C=O) groups excluding carboxylic acids is 2. The normalized spacial score (nSPS) is 19.6. The lowest BCUT2D eigenvalue weighted by molar-refractivity contribution is -0.143. The van der Waals surface area contributed by atoms with E-state index in [1.165, 1.54) is 9.47 Å². The summed E-state index contributed by atoms with van der Waals surface area (Å²) in [5.74, 6) is -0.986. The number of hydrogen-bond donors (Lipinski definition) is 1. The zero-order valence-corrected chi connectivity index (χ0v) is 16.0. The lowest BCUT2D eigenvalue weighted by Gasteiger charge is -2.28. The van der Waals surface area contributed by atoms with Crippen LogP contribution in [0.4, 0.5) is 0 Å². The van der Waals surface area contributed by atoms with Crippen molar-refractivity contribution in [1.82, 2.24) is 14.4 Å². The summed E-state index contributed by atoms with van der Waals surface area (Å²) in [7, 11) is 0. The molecule has 1 aliphatic rings. The maximum absolute atomic E-state index is 13.0. The highest BCUT2D eigenvalue weighted by Gasteiger charge is 2.39. The van der Waals surface area contributed by atoms with Crippen molar-refractivity contribution >= 4 is 22.9 Å². The van der Waals surface area contributed by atoms with Crippen LogP contribution in [-0.2, 0) is 16.1 Å². The fourth-order valence-corrected chi connectivity index (χ4v) is 3.67. The summed E-state index contributed by atoms with van der Waals surface area (Å²) in [6, 6.07) is 4.53. The van der Waals surface area contributed by atoms with Crippen molar-refractivity contribution in [3.8, 4) is 0 Å². The van der Waals surface area contributed by atoms with E-state index in [4.69, 9.17) is 10.2 Å². The first-order valence-corrected chi connectivity index (χ1v) is 9.29. The van der Waals surface area contributed by atoms with Gasteiger partial charge < -0.3 is 20.0 Å². The Balaban J connectivity index is 1.87. The Morgan fingerprint density at radius 3 is 2.67 bits per heavy atom. The van der Waals surface area contributed by atoms with Crippen LogP contribution in [0.5, 0.6) is 0 Å². The van der Waals surface area contributed by atoms with E-state index in [1.807, 2.05) is 32.9 Å². The number of benzene rings is 1. The molecular formula is C19H26N4O4. The highest BCUT2D eigenvalue weighted by atomic mass is 16.4. The fourth-order valence-electron chi connectivity index (χ4n) is 3.67. The summed E-state index contributed by atoms with van der Waals surface area (Å²) in [6.45, 7) is 7.00. The van der Waals surface area contributed by atoms with E-state index in [0.717, 1.165) is 5.56 Å². The molecule has 1 aliphatic heterocycles. The number of likely N-dealkylation sites (tertiary alicyclic amines) is 1. The third-order valence-electron chi connectivity index (χ3n) is 5.13. The summed E-state index contributed by atoms with van der Waals surface area (Å²) in [5.41, 5.74) is 8.01. The van der Waals surface area contributed by atoms with Crippen molar-refractivity contribution in [2.45, 2.75) is 45.8 Å². The predicted molar refractivity (Wildman–Crippen MR) is 101 cm³/mol. The van der Waals surface area contributed by atoms with Gasteiger partial charge >= 0.3 is 5.76 Å². The van der Waals surface area contributed by atoms with Crippen LogP contribution >= 0.6 is 0 Å². The van der Waals surface area contributed by atoms with Gasteiger partial charge in [0.2, 0.25) is 11.8 Å². The lowest BCUT2D eigenvalue weighted by atomic mass is 10.1. The third-order valence-corrected chi connectivity index (χ3v) is 5.13. The Bertz CT molecular complexity index is 912. The van der Waals surface area contributed by atoms with Crippen LogP contribution in [0.2, 0.25) is 0 Å². The fraction of sp³-hybridized carbons (Fsp3) is 0.526. The molecule has 1 aromatic carbocycles. The number of aryl methyl sites for hydroxylation is 1. The number of nitrogens with zero attached hydrogens (tertiary/aromatic N) is 3. The van der Waals surface area contributed by atoms with E-state index in [0.29, 0.717) is 37.2 Å². The van der Waals surface area contributed by atoms with Crippen LogP contribution in [-0.4, -0.2) is 57.9 Å². The van der Waals surface area contributed by atoms with Gasteiger partial charge in [-0.1, -0.05) is 6.07 Å². The number of amides is 2. The summed E-state index contributed by atoms with van der Waals surface area (Å²) < 4.78 is 6.54. The first-order chi connectivity index (χ1) is 12.8. The van der Waals surface area contributed by atoms with Crippen LogP contribution in [0.15, 0.2) is 27.4 Å². The molecule has 2 aromatic rings. The van der Waals surface area contributed by atoms with Crippen LogP contribution in [0, 0.1) is 6.92 Å². The molecule has 0 radical (unpaired) electrons. The van der Waals surface area contributed by atoms with Gasteiger partial charge in [0.15, 0.2) is 5.58 Å². The molecule has 0 bridgehead atoms. The molecule has 1 fully saturated rings. The summed E-state index contributed by atoms with van der Waals surface area (Å²) >= 11 is 0. The maximum atomic E-state index is 13.0. The van der Waals surface area contributed by atoms with E-state index in [9.17, 15) is 14.4 Å². The molecule has 8 heteroatoms. The third kappa shape index (κ3) is 3.62. The molecule has 2 N–H and O–H groups in total. The monoisotopic (exact) mass is 374 g/mol. The molecule has 0 spiro atoms. The lowest BCUT2D eigenvalue weighted by Crippen LogP contribution is -2.48. The topological polar surface area (TPSA) is 102 Å². The molecule has 1 aromatic heterocycles. The van der Waals surface area contributed by atoms with Crippen LogP contribution in [0.1, 0.15) is 25.8 Å². The zero-order valence-electron chi connectivity index (χ0n) is 16.0. The number of hydrogen-bond acceptors (Lipinski definition) is 5. The molecule has 1 saturated heterocycles. The molecule has 8 nitrogen and oxygen atoms in total. The van der Waals surface area contributed by atoms with Crippen molar-refractivity contribution < 1.29 is 14.0 Å². The molecular weight excluding hydrogens is 348 g/mol. The van der Waals surface area contributed by atoms with Crippen molar-refractivity contribution in [3.63, 3.8) is 0 Å². The second-order valence-corrected chi connectivity index (χ2v) is 6.99. The van der Waals surface area contributed by atoms with Gasteiger partial charge in [0.05, 0.1) is 5.52 Å². The Labute approximate surface area is 157 Å². The Kier molecular flexibility index (Phi) is 5.36. The number of rotatable bonds is 5. The van der Waals surface area contributed by atoms with E-state index in [2.05, 4.69) is 0 Å². The Morgan fingerprint density at radius 2 is 2.00 bits per heavy atom. The van der Waals surface area contributed by atoms with Gasteiger partial charge in [-0.05, 0) is 44.9 Å². The van der Waals surface area contributed by atoms with Gasteiger partial charge in [0, 0.05) is 25.7 Å². The molecule has 27 heavy (non-hydrogen) atoms. The van der Waals surface area contributed by atoms with Gasteiger partial charge in [0.25, 0.3) is 0 Å². The quantitative estimate of drug-likeness (QED) is 0.830. The average Bonchev–Trinajstić information content (AvgIpc) is 3.16. The van der Waals surface area contributed by atoms with E-state index < -0.39 is 11.8 Å². The van der Waals surface area contributed by atoms with Crippen LogP contribution < -0.4 is 11.5 Å². The predicted octanol–water partition coefficient (Wildman–Crippen LogP) is 0.700. The number of fused-ring (bicyclic) bond motifs is 1. The van der Waals surface area contributed by atoms with Gasteiger partial charge in [0.1, 0.15) is 12.6 Å². The van der Waals surface area contributed by atoms with Crippen molar-refractivity contribution in [2.75, 3.05) is 19.6 Å². The van der Waals surface area contributed by atoms with Gasteiger partial charge in [-0.25, -0.2) is 4.79 Å². The van der Waals surface area contributed by atoms with Crippen molar-refractivity contribution in [3.05, 3.63) is 34.3 Å². The van der Waals surface area contributed by atoms with Crippen LogP contribution in [0.3, 0.4) is 0 Å². The highest BCUT2D eigenvalue weighted by Crippen LogP contribution is 2.21. The summed E-state index contributed by atoms with van der Waals surface area (Å²) in [4.78, 5) is 41.1. The van der Waals surface area contributed by atoms with Gasteiger partial charge in [-0.3, -0.25) is 14.2 Å².